The monoisotopic (exact) mass is 351 g/mol. The molecule has 2 aromatic carbocycles. The average molecular weight is 351 g/mol. The van der Waals surface area contributed by atoms with E-state index in [1.807, 2.05) is 41.3 Å². The number of hydrogen-bond donors (Lipinski definition) is 0. The molecule has 4 rings (SSSR count). The van der Waals surface area contributed by atoms with E-state index >= 15 is 0 Å². The van der Waals surface area contributed by atoms with Gasteiger partial charge >= 0.3 is 0 Å². The van der Waals surface area contributed by atoms with Crippen LogP contribution in [-0.4, -0.2) is 27.8 Å². The number of nitrogens with zero attached hydrogens (tertiary/aromatic N) is 3. The van der Waals surface area contributed by atoms with Crippen LogP contribution < -0.4 is 10.5 Å². The fraction of sp³-hybridized carbons (Fsp3) is 0.211. The molecule has 0 saturated carbocycles. The Morgan fingerprint density at radius 2 is 1.92 bits per heavy atom. The van der Waals surface area contributed by atoms with Crippen LogP contribution in [0.2, 0.25) is 0 Å². The van der Waals surface area contributed by atoms with E-state index in [0.717, 1.165) is 12.1 Å². The number of fused-ring (bicyclic) bond motifs is 2. The molecule has 0 atom stereocenters. The Balaban J connectivity index is 1.56. The Morgan fingerprint density at radius 1 is 1.16 bits per heavy atom. The molecule has 0 unspecified atom stereocenters. The number of anilines is 1. The fourth-order valence-electron chi connectivity index (χ4n) is 3.13. The number of benzene rings is 2. The van der Waals surface area contributed by atoms with E-state index in [1.165, 1.54) is 21.9 Å². The molecular formula is C19H17N3O2S. The second kappa shape index (κ2) is 6.37. The van der Waals surface area contributed by atoms with Gasteiger partial charge in [0.15, 0.2) is 5.16 Å². The van der Waals surface area contributed by atoms with Crippen LogP contribution in [0.3, 0.4) is 0 Å². The van der Waals surface area contributed by atoms with Crippen LogP contribution in [0.15, 0.2) is 58.5 Å². The molecule has 0 spiro atoms. The fourth-order valence-corrected chi connectivity index (χ4v) is 3.98. The van der Waals surface area contributed by atoms with Gasteiger partial charge in [0.1, 0.15) is 0 Å². The molecule has 0 N–H and O–H groups in total. The second-order valence-corrected chi connectivity index (χ2v) is 6.93. The van der Waals surface area contributed by atoms with Gasteiger partial charge in [0.2, 0.25) is 5.91 Å². The number of carbonyl (C=O) groups excluding carboxylic acids is 1. The van der Waals surface area contributed by atoms with E-state index in [1.54, 1.807) is 13.1 Å². The van der Waals surface area contributed by atoms with Gasteiger partial charge in [-0.25, -0.2) is 4.98 Å². The number of carbonyl (C=O) groups is 1. The maximum absolute atomic E-state index is 12.6. The van der Waals surface area contributed by atoms with Crippen molar-refractivity contribution in [3.8, 4) is 0 Å². The summed E-state index contributed by atoms with van der Waals surface area (Å²) in [5.74, 6) is 0.296. The van der Waals surface area contributed by atoms with Gasteiger partial charge in [0.05, 0.1) is 16.7 Å². The lowest BCUT2D eigenvalue weighted by Crippen LogP contribution is -2.31. The van der Waals surface area contributed by atoms with Crippen LogP contribution in [0.25, 0.3) is 10.9 Å². The molecular weight excluding hydrogens is 334 g/mol. The third kappa shape index (κ3) is 2.82. The van der Waals surface area contributed by atoms with Crippen molar-refractivity contribution >= 4 is 34.3 Å². The van der Waals surface area contributed by atoms with Gasteiger partial charge in [-0.15, -0.1) is 0 Å². The summed E-state index contributed by atoms with van der Waals surface area (Å²) < 4.78 is 1.51. The molecule has 1 aliphatic heterocycles. The largest absolute Gasteiger partial charge is 0.311 e. The Labute approximate surface area is 149 Å². The maximum atomic E-state index is 12.6. The molecule has 3 aromatic rings. The molecule has 0 saturated heterocycles. The highest BCUT2D eigenvalue weighted by Gasteiger charge is 2.24. The lowest BCUT2D eigenvalue weighted by Gasteiger charge is -2.17. The molecule has 126 valence electrons. The van der Waals surface area contributed by atoms with E-state index in [0.29, 0.717) is 22.6 Å². The summed E-state index contributed by atoms with van der Waals surface area (Å²) in [6.45, 7) is 0.711. The summed E-state index contributed by atoms with van der Waals surface area (Å²) in [7, 11) is 1.69. The van der Waals surface area contributed by atoms with Crippen molar-refractivity contribution in [1.82, 2.24) is 9.55 Å². The van der Waals surface area contributed by atoms with E-state index in [2.05, 4.69) is 11.1 Å². The van der Waals surface area contributed by atoms with Gasteiger partial charge in [0.25, 0.3) is 5.56 Å². The van der Waals surface area contributed by atoms with Gasteiger partial charge in [-0.1, -0.05) is 42.1 Å². The summed E-state index contributed by atoms with van der Waals surface area (Å²) in [5.41, 5.74) is 2.77. The van der Waals surface area contributed by atoms with Crippen LogP contribution in [0, 0.1) is 0 Å². The summed E-state index contributed by atoms with van der Waals surface area (Å²) in [6.07, 6.45) is 0.888. The quantitative estimate of drug-likeness (QED) is 0.538. The minimum absolute atomic E-state index is 0.0392. The molecule has 1 aliphatic rings. The van der Waals surface area contributed by atoms with Crippen molar-refractivity contribution in [2.45, 2.75) is 11.6 Å². The van der Waals surface area contributed by atoms with Crippen molar-refractivity contribution in [2.24, 2.45) is 7.05 Å². The molecule has 2 heterocycles. The molecule has 0 aliphatic carbocycles. The van der Waals surface area contributed by atoms with Crippen molar-refractivity contribution in [3.63, 3.8) is 0 Å². The van der Waals surface area contributed by atoms with E-state index in [-0.39, 0.29) is 17.2 Å². The highest BCUT2D eigenvalue weighted by Crippen LogP contribution is 2.28. The van der Waals surface area contributed by atoms with Crippen LogP contribution in [0.5, 0.6) is 0 Å². The lowest BCUT2D eigenvalue weighted by atomic mass is 10.2. The number of thioether (sulfide) groups is 1. The first kappa shape index (κ1) is 15.9. The third-order valence-corrected chi connectivity index (χ3v) is 5.47. The van der Waals surface area contributed by atoms with Crippen LogP contribution in [0.1, 0.15) is 5.56 Å². The van der Waals surface area contributed by atoms with Crippen molar-refractivity contribution < 1.29 is 4.79 Å². The zero-order valence-corrected chi connectivity index (χ0v) is 14.6. The molecule has 0 bridgehead atoms. The van der Waals surface area contributed by atoms with Crippen LogP contribution in [0.4, 0.5) is 5.69 Å². The molecule has 0 fully saturated rings. The van der Waals surface area contributed by atoms with E-state index in [9.17, 15) is 9.59 Å². The molecule has 6 heteroatoms. The first-order chi connectivity index (χ1) is 12.1. The minimum Gasteiger partial charge on any atom is -0.311 e. The Morgan fingerprint density at radius 3 is 2.80 bits per heavy atom. The average Bonchev–Trinajstić information content (AvgIpc) is 3.07. The second-order valence-electron chi connectivity index (χ2n) is 5.99. The maximum Gasteiger partial charge on any atom is 0.261 e. The third-order valence-electron chi connectivity index (χ3n) is 4.46. The molecule has 5 nitrogen and oxygen atoms in total. The Kier molecular flexibility index (Phi) is 4.05. The number of hydrogen-bond acceptors (Lipinski definition) is 4. The highest BCUT2D eigenvalue weighted by molar-refractivity contribution is 7.99. The lowest BCUT2D eigenvalue weighted by molar-refractivity contribution is -0.116. The highest BCUT2D eigenvalue weighted by atomic mass is 32.2. The number of aromatic nitrogens is 2. The predicted octanol–water partition coefficient (Wildman–Crippen LogP) is 2.61. The van der Waals surface area contributed by atoms with Gasteiger partial charge in [-0.3, -0.25) is 14.2 Å². The van der Waals surface area contributed by atoms with Crippen molar-refractivity contribution in [3.05, 3.63) is 64.4 Å². The van der Waals surface area contributed by atoms with Gasteiger partial charge < -0.3 is 4.90 Å². The summed E-state index contributed by atoms with van der Waals surface area (Å²) >= 11 is 1.31. The minimum atomic E-state index is -0.0907. The zero-order valence-electron chi connectivity index (χ0n) is 13.8. The molecule has 25 heavy (non-hydrogen) atoms. The smallest absolute Gasteiger partial charge is 0.261 e. The van der Waals surface area contributed by atoms with Crippen LogP contribution >= 0.6 is 11.8 Å². The summed E-state index contributed by atoms with van der Waals surface area (Å²) in [4.78, 5) is 31.4. The number of rotatable bonds is 3. The van der Waals surface area contributed by atoms with Gasteiger partial charge in [-0.05, 0) is 30.2 Å². The predicted molar refractivity (Wildman–Crippen MR) is 100 cm³/mol. The van der Waals surface area contributed by atoms with Crippen LogP contribution in [-0.2, 0) is 18.3 Å². The normalized spacial score (nSPS) is 13.2. The topological polar surface area (TPSA) is 55.2 Å². The first-order valence-electron chi connectivity index (χ1n) is 8.12. The standard InChI is InChI=1S/C19H17N3O2S/c1-21-18(24)14-7-3-4-8-15(14)20-19(21)25-12-17(23)22-11-10-13-6-2-5-9-16(13)22/h2-9H,10-12H2,1H3. The Bertz CT molecular complexity index is 1030. The van der Waals surface area contributed by atoms with Crippen molar-refractivity contribution in [2.75, 3.05) is 17.2 Å². The Hall–Kier alpha value is -2.60. The summed E-state index contributed by atoms with van der Waals surface area (Å²) in [6, 6.07) is 15.3. The SMILES string of the molecule is Cn1c(SCC(=O)N2CCc3ccccc32)nc2ccccc2c1=O. The van der Waals surface area contributed by atoms with Gasteiger partial charge in [-0.2, -0.15) is 0 Å². The van der Waals surface area contributed by atoms with Gasteiger partial charge in [0, 0.05) is 19.3 Å². The molecule has 1 aromatic heterocycles. The van der Waals surface area contributed by atoms with E-state index in [4.69, 9.17) is 0 Å². The van der Waals surface area contributed by atoms with Crippen molar-refractivity contribution in [1.29, 1.82) is 0 Å². The molecule has 0 radical (unpaired) electrons. The summed E-state index contributed by atoms with van der Waals surface area (Å²) in [5, 5.41) is 1.15. The zero-order chi connectivity index (χ0) is 17.4. The number of para-hydroxylation sites is 2. The van der Waals surface area contributed by atoms with E-state index < -0.39 is 0 Å². The molecule has 1 amide bonds. The number of amides is 1. The first-order valence-corrected chi connectivity index (χ1v) is 9.10.